The fourth-order valence-corrected chi connectivity index (χ4v) is 6.16. The summed E-state index contributed by atoms with van der Waals surface area (Å²) in [5.41, 5.74) is 0. The molecule has 0 amide bonds. The quantitative estimate of drug-likeness (QED) is 0.601. The Balaban J connectivity index is 1.53. The lowest BCUT2D eigenvalue weighted by atomic mass is 9.65. The van der Waals surface area contributed by atoms with E-state index in [-0.39, 0.29) is 0 Å². The molecule has 0 heteroatoms. The van der Waals surface area contributed by atoms with Gasteiger partial charge in [-0.3, -0.25) is 0 Å². The molecule has 0 aromatic carbocycles. The minimum atomic E-state index is 1.16. The predicted molar refractivity (Wildman–Crippen MR) is 67.1 cm³/mol. The Hall–Kier alpha value is 0. The summed E-state index contributed by atoms with van der Waals surface area (Å²) >= 11 is 0. The third-order valence-electron chi connectivity index (χ3n) is 6.61. The maximum atomic E-state index is 1.63. The molecule has 4 aliphatic rings. The second-order valence-electron chi connectivity index (χ2n) is 7.38. The van der Waals surface area contributed by atoms with Gasteiger partial charge in [0.15, 0.2) is 0 Å². The van der Waals surface area contributed by atoms with Gasteiger partial charge in [-0.05, 0) is 67.6 Å². The van der Waals surface area contributed by atoms with E-state index >= 15 is 0 Å². The van der Waals surface area contributed by atoms with Crippen LogP contribution in [-0.2, 0) is 0 Å². The van der Waals surface area contributed by atoms with Gasteiger partial charge >= 0.3 is 0 Å². The van der Waals surface area contributed by atoms with Gasteiger partial charge in [-0.25, -0.2) is 0 Å². The summed E-state index contributed by atoms with van der Waals surface area (Å²) in [4.78, 5) is 0. The van der Waals surface area contributed by atoms with Crippen molar-refractivity contribution in [2.45, 2.75) is 64.2 Å². The van der Waals surface area contributed by atoms with E-state index in [2.05, 4.69) is 0 Å². The summed E-state index contributed by atoms with van der Waals surface area (Å²) in [6.07, 6.45) is 16.0. The van der Waals surface area contributed by atoms with Gasteiger partial charge in [0.25, 0.3) is 0 Å². The summed E-state index contributed by atoms with van der Waals surface area (Å²) in [6.45, 7) is 0. The fourth-order valence-electron chi connectivity index (χ4n) is 6.16. The monoisotopic (exact) mass is 218 g/mol. The molecule has 0 spiro atoms. The van der Waals surface area contributed by atoms with Gasteiger partial charge in [-0.15, -0.1) is 0 Å². The highest BCUT2D eigenvalue weighted by molar-refractivity contribution is 4.96. The lowest BCUT2D eigenvalue weighted by Crippen LogP contribution is -2.32. The summed E-state index contributed by atoms with van der Waals surface area (Å²) in [7, 11) is 0. The van der Waals surface area contributed by atoms with Gasteiger partial charge in [0.2, 0.25) is 0 Å². The van der Waals surface area contributed by atoms with Crippen molar-refractivity contribution < 1.29 is 0 Å². The third-order valence-corrected chi connectivity index (χ3v) is 6.61. The highest BCUT2D eigenvalue weighted by Gasteiger charge is 2.46. The average Bonchev–Trinajstić information content (AvgIpc) is 2.76. The molecule has 90 valence electrons. The van der Waals surface area contributed by atoms with Crippen molar-refractivity contribution in [3.05, 3.63) is 0 Å². The molecule has 0 aliphatic heterocycles. The second-order valence-corrected chi connectivity index (χ2v) is 7.38. The Morgan fingerprint density at radius 3 is 1.75 bits per heavy atom. The van der Waals surface area contributed by atoms with Gasteiger partial charge in [0.1, 0.15) is 0 Å². The van der Waals surface area contributed by atoms with Gasteiger partial charge in [0, 0.05) is 0 Å². The normalized spacial score (nSPS) is 55.5. The highest BCUT2D eigenvalue weighted by Crippen LogP contribution is 2.56. The van der Waals surface area contributed by atoms with E-state index in [0.29, 0.717) is 0 Å². The SMILES string of the molecule is C1CC2CCC(C1)C2C1CC2CCC(C2)C1. The van der Waals surface area contributed by atoms with E-state index in [4.69, 9.17) is 0 Å². The van der Waals surface area contributed by atoms with Crippen LogP contribution in [0, 0.1) is 35.5 Å². The summed E-state index contributed by atoms with van der Waals surface area (Å²) < 4.78 is 0. The van der Waals surface area contributed by atoms with Crippen LogP contribution in [0.3, 0.4) is 0 Å². The molecule has 4 bridgehead atoms. The zero-order valence-corrected chi connectivity index (χ0v) is 10.5. The molecule has 0 aromatic heterocycles. The van der Waals surface area contributed by atoms with Crippen molar-refractivity contribution in [1.82, 2.24) is 0 Å². The Morgan fingerprint density at radius 1 is 0.500 bits per heavy atom. The van der Waals surface area contributed by atoms with Crippen LogP contribution in [0.1, 0.15) is 64.2 Å². The zero-order chi connectivity index (χ0) is 10.5. The van der Waals surface area contributed by atoms with Crippen LogP contribution in [0.4, 0.5) is 0 Å². The second kappa shape index (κ2) is 3.75. The van der Waals surface area contributed by atoms with E-state index in [9.17, 15) is 0 Å². The molecule has 0 saturated heterocycles. The average molecular weight is 218 g/mol. The number of rotatable bonds is 1. The standard InChI is InChI=1S/C16H26/c1-2-13-6-7-14(3-1)16(13)15-9-11-4-5-12(8-11)10-15/h11-16H,1-10H2. The van der Waals surface area contributed by atoms with E-state index in [1.54, 1.807) is 64.2 Å². The van der Waals surface area contributed by atoms with Crippen LogP contribution in [0.15, 0.2) is 0 Å². The van der Waals surface area contributed by atoms with Gasteiger partial charge in [-0.1, -0.05) is 32.1 Å². The first-order valence-electron chi connectivity index (χ1n) is 7.90. The largest absolute Gasteiger partial charge is 0.0528 e. The maximum Gasteiger partial charge on any atom is -0.0329 e. The first kappa shape index (κ1) is 9.97. The first-order valence-corrected chi connectivity index (χ1v) is 7.90. The van der Waals surface area contributed by atoms with E-state index < -0.39 is 0 Å². The fraction of sp³-hybridized carbons (Fsp3) is 1.00. The molecule has 4 fully saturated rings. The minimum absolute atomic E-state index is 1.16. The lowest BCUT2D eigenvalue weighted by molar-refractivity contribution is 0.0944. The van der Waals surface area contributed by atoms with Crippen molar-refractivity contribution in [2.24, 2.45) is 35.5 Å². The van der Waals surface area contributed by atoms with Crippen LogP contribution in [-0.4, -0.2) is 0 Å². The minimum Gasteiger partial charge on any atom is -0.0528 e. The molecular weight excluding hydrogens is 192 g/mol. The number of hydrogen-bond acceptors (Lipinski definition) is 0. The van der Waals surface area contributed by atoms with E-state index in [0.717, 1.165) is 11.8 Å². The van der Waals surface area contributed by atoms with Crippen LogP contribution < -0.4 is 0 Å². The maximum absolute atomic E-state index is 1.63. The molecule has 0 N–H and O–H groups in total. The van der Waals surface area contributed by atoms with Crippen molar-refractivity contribution >= 4 is 0 Å². The molecule has 4 aliphatic carbocycles. The highest BCUT2D eigenvalue weighted by atomic mass is 14.5. The molecule has 0 nitrogen and oxygen atoms in total. The van der Waals surface area contributed by atoms with Crippen molar-refractivity contribution in [1.29, 1.82) is 0 Å². The van der Waals surface area contributed by atoms with Crippen molar-refractivity contribution in [3.8, 4) is 0 Å². The zero-order valence-electron chi connectivity index (χ0n) is 10.5. The van der Waals surface area contributed by atoms with Crippen molar-refractivity contribution in [3.63, 3.8) is 0 Å². The Morgan fingerprint density at radius 2 is 1.12 bits per heavy atom. The summed E-state index contributed by atoms with van der Waals surface area (Å²) in [6, 6.07) is 0. The van der Waals surface area contributed by atoms with Crippen LogP contribution in [0.2, 0.25) is 0 Å². The number of hydrogen-bond donors (Lipinski definition) is 0. The molecule has 0 heterocycles. The third kappa shape index (κ3) is 1.48. The molecule has 0 radical (unpaired) electrons. The summed E-state index contributed by atoms with van der Waals surface area (Å²) in [5.74, 6) is 7.01. The van der Waals surface area contributed by atoms with Crippen molar-refractivity contribution in [2.75, 3.05) is 0 Å². The Kier molecular flexibility index (Phi) is 2.34. The van der Waals surface area contributed by atoms with E-state index in [1.165, 1.54) is 23.7 Å². The molecule has 0 aromatic rings. The number of fused-ring (bicyclic) bond motifs is 4. The molecule has 4 rings (SSSR count). The van der Waals surface area contributed by atoms with Gasteiger partial charge in [-0.2, -0.15) is 0 Å². The molecule has 4 saturated carbocycles. The van der Waals surface area contributed by atoms with E-state index in [1.807, 2.05) is 0 Å². The molecule has 16 heavy (non-hydrogen) atoms. The summed E-state index contributed by atoms with van der Waals surface area (Å²) in [5, 5.41) is 0. The first-order chi connectivity index (χ1) is 7.90. The van der Waals surface area contributed by atoms with Crippen LogP contribution in [0.25, 0.3) is 0 Å². The predicted octanol–water partition coefficient (Wildman–Crippen LogP) is 4.64. The van der Waals surface area contributed by atoms with Gasteiger partial charge in [0.05, 0.1) is 0 Å². The van der Waals surface area contributed by atoms with Crippen LogP contribution >= 0.6 is 0 Å². The van der Waals surface area contributed by atoms with Crippen LogP contribution in [0.5, 0.6) is 0 Å². The lowest BCUT2D eigenvalue weighted by Gasteiger charge is -2.40. The van der Waals surface area contributed by atoms with Gasteiger partial charge < -0.3 is 0 Å². The molecular formula is C16H26. The topological polar surface area (TPSA) is 0 Å². The smallest absolute Gasteiger partial charge is 0.0329 e. The Labute approximate surface area is 100 Å². The molecule has 4 atom stereocenters. The molecule has 4 unspecified atom stereocenters. The Bertz CT molecular complexity index is 241.